The van der Waals surface area contributed by atoms with Gasteiger partial charge in [0.05, 0.1) is 10.6 Å². The van der Waals surface area contributed by atoms with E-state index in [-0.39, 0.29) is 17.3 Å². The number of thioether (sulfide) groups is 1. The minimum atomic E-state index is -4.09. The van der Waals surface area contributed by atoms with Gasteiger partial charge in [-0.25, -0.2) is 8.42 Å². The highest BCUT2D eigenvalue weighted by Gasteiger charge is 2.33. The number of carbonyl (C=O) groups excluding carboxylic acids is 2. The minimum absolute atomic E-state index is 0.0956. The molecule has 0 saturated carbocycles. The normalized spacial score (nSPS) is 12.0. The van der Waals surface area contributed by atoms with Crippen molar-refractivity contribution in [1.29, 1.82) is 0 Å². The van der Waals surface area contributed by atoms with Crippen LogP contribution in [0.4, 0.5) is 5.69 Å². The van der Waals surface area contributed by atoms with E-state index in [0.29, 0.717) is 18.7 Å². The van der Waals surface area contributed by atoms with Crippen molar-refractivity contribution in [2.24, 2.45) is 0 Å². The number of sulfonamides is 1. The Balaban J connectivity index is 2.03. The largest absolute Gasteiger partial charge is 0.354 e. The maximum absolute atomic E-state index is 14.1. The molecule has 7 nitrogen and oxygen atoms in total. The summed E-state index contributed by atoms with van der Waals surface area (Å²) in [4.78, 5) is 30.0. The highest BCUT2D eigenvalue weighted by atomic mass is 32.2. The van der Waals surface area contributed by atoms with Crippen LogP contribution in [0.15, 0.2) is 82.6 Å². The SMILES string of the molecule is CCCCNC(=O)C(CC)N(Cc1cccc(C)c1)C(=O)CN(c1ccc(C)cc1)S(=O)(=O)c1ccc(SC)cc1. The Morgan fingerprint density at radius 1 is 0.927 bits per heavy atom. The molecule has 0 spiro atoms. The average Bonchev–Trinajstić information content (AvgIpc) is 2.96. The second-order valence-corrected chi connectivity index (χ2v) is 12.8. The molecule has 3 rings (SSSR count). The number of carbonyl (C=O) groups is 2. The first-order valence-electron chi connectivity index (χ1n) is 14.0. The van der Waals surface area contributed by atoms with E-state index in [0.717, 1.165) is 38.7 Å². The number of rotatable bonds is 14. The molecule has 0 bridgehead atoms. The summed E-state index contributed by atoms with van der Waals surface area (Å²) in [6.07, 6.45) is 4.09. The van der Waals surface area contributed by atoms with Gasteiger partial charge in [-0.2, -0.15) is 0 Å². The van der Waals surface area contributed by atoms with Crippen LogP contribution in [0.2, 0.25) is 0 Å². The van der Waals surface area contributed by atoms with Crippen LogP contribution >= 0.6 is 11.8 Å². The predicted molar refractivity (Wildman–Crippen MR) is 168 cm³/mol. The summed E-state index contributed by atoms with van der Waals surface area (Å²) in [5.74, 6) is -0.687. The lowest BCUT2D eigenvalue weighted by Crippen LogP contribution is -2.52. The van der Waals surface area contributed by atoms with Crippen molar-refractivity contribution in [3.8, 4) is 0 Å². The zero-order valence-corrected chi connectivity index (χ0v) is 26.2. The number of benzene rings is 3. The van der Waals surface area contributed by atoms with Gasteiger partial charge < -0.3 is 10.2 Å². The second-order valence-electron chi connectivity index (χ2n) is 10.1. The Hall–Kier alpha value is -3.30. The number of aryl methyl sites for hydroxylation is 2. The first-order valence-corrected chi connectivity index (χ1v) is 16.6. The molecule has 3 aromatic carbocycles. The Bertz CT molecular complexity index is 1410. The molecule has 0 aromatic heterocycles. The maximum Gasteiger partial charge on any atom is 0.264 e. The van der Waals surface area contributed by atoms with Gasteiger partial charge in [-0.3, -0.25) is 13.9 Å². The van der Waals surface area contributed by atoms with Crippen LogP contribution in [0.1, 0.15) is 49.8 Å². The highest BCUT2D eigenvalue weighted by molar-refractivity contribution is 7.98. The first kappa shape index (κ1) is 32.2. The number of amides is 2. The lowest BCUT2D eigenvalue weighted by Gasteiger charge is -2.33. The van der Waals surface area contributed by atoms with Gasteiger partial charge in [-0.15, -0.1) is 11.8 Å². The summed E-state index contributed by atoms with van der Waals surface area (Å²) in [5, 5.41) is 2.96. The molecule has 0 radical (unpaired) electrons. The van der Waals surface area contributed by atoms with Crippen LogP contribution in [0, 0.1) is 13.8 Å². The van der Waals surface area contributed by atoms with Crippen molar-refractivity contribution < 1.29 is 18.0 Å². The van der Waals surface area contributed by atoms with Gasteiger partial charge in [0.2, 0.25) is 11.8 Å². The van der Waals surface area contributed by atoms with E-state index in [2.05, 4.69) is 5.32 Å². The zero-order chi connectivity index (χ0) is 30.0. The number of hydrogen-bond donors (Lipinski definition) is 1. The van der Waals surface area contributed by atoms with E-state index in [1.807, 2.05) is 70.3 Å². The van der Waals surface area contributed by atoms with E-state index >= 15 is 0 Å². The van der Waals surface area contributed by atoms with Gasteiger partial charge in [0.25, 0.3) is 10.0 Å². The predicted octanol–water partition coefficient (Wildman–Crippen LogP) is 5.94. The van der Waals surface area contributed by atoms with Crippen molar-refractivity contribution in [2.45, 2.75) is 69.3 Å². The van der Waals surface area contributed by atoms with E-state index in [4.69, 9.17) is 0 Å². The Kier molecular flexibility index (Phi) is 11.8. The lowest BCUT2D eigenvalue weighted by atomic mass is 10.1. The van der Waals surface area contributed by atoms with Crippen LogP contribution in [0.25, 0.3) is 0 Å². The monoisotopic (exact) mass is 595 g/mol. The molecule has 3 aromatic rings. The molecule has 0 aliphatic carbocycles. The number of nitrogens with zero attached hydrogens (tertiary/aromatic N) is 2. The van der Waals surface area contributed by atoms with Crippen LogP contribution in [0.5, 0.6) is 0 Å². The standard InChI is InChI=1S/C32H41N3O4S2/c1-6-8-20-33-32(37)30(7-2)34(22-26-11-9-10-25(4)21-26)31(36)23-35(27-14-12-24(3)13-15-27)41(38,39)29-18-16-28(40-5)17-19-29/h9-19,21,30H,6-8,20,22-23H2,1-5H3,(H,33,37). The Labute approximate surface area is 249 Å². The van der Waals surface area contributed by atoms with Crippen molar-refractivity contribution >= 4 is 39.3 Å². The van der Waals surface area contributed by atoms with Gasteiger partial charge in [-0.1, -0.05) is 67.8 Å². The van der Waals surface area contributed by atoms with E-state index in [1.54, 1.807) is 36.4 Å². The molecule has 1 atom stereocenters. The van der Waals surface area contributed by atoms with Crippen LogP contribution in [-0.4, -0.2) is 50.5 Å². The number of unbranched alkanes of at least 4 members (excludes halogenated alkanes) is 1. The van der Waals surface area contributed by atoms with Gasteiger partial charge in [0.1, 0.15) is 12.6 Å². The molecule has 2 amide bonds. The second kappa shape index (κ2) is 15.1. The zero-order valence-electron chi connectivity index (χ0n) is 24.6. The van der Waals surface area contributed by atoms with Gasteiger partial charge in [-0.05, 0) is 74.9 Å². The quantitative estimate of drug-likeness (QED) is 0.184. The van der Waals surface area contributed by atoms with Crippen LogP contribution < -0.4 is 9.62 Å². The summed E-state index contributed by atoms with van der Waals surface area (Å²) in [5.41, 5.74) is 3.26. The molecule has 1 N–H and O–H groups in total. The first-order chi connectivity index (χ1) is 19.6. The third kappa shape index (κ3) is 8.60. The molecule has 220 valence electrons. The number of anilines is 1. The van der Waals surface area contributed by atoms with Crippen molar-refractivity contribution in [2.75, 3.05) is 23.7 Å². The van der Waals surface area contributed by atoms with Gasteiger partial charge in [0.15, 0.2) is 0 Å². The van der Waals surface area contributed by atoms with E-state index in [9.17, 15) is 18.0 Å². The molecule has 1 unspecified atom stereocenters. The summed E-state index contributed by atoms with van der Waals surface area (Å²) in [6, 6.07) is 20.7. The fourth-order valence-electron chi connectivity index (χ4n) is 4.55. The number of nitrogens with one attached hydrogen (secondary N) is 1. The van der Waals surface area contributed by atoms with Crippen LogP contribution in [0.3, 0.4) is 0 Å². The summed E-state index contributed by atoms with van der Waals surface area (Å²) in [7, 11) is -4.09. The molecule has 0 heterocycles. The van der Waals surface area contributed by atoms with E-state index in [1.165, 1.54) is 16.7 Å². The Morgan fingerprint density at radius 2 is 1.61 bits per heavy atom. The van der Waals surface area contributed by atoms with E-state index < -0.39 is 28.5 Å². The molecular formula is C32H41N3O4S2. The minimum Gasteiger partial charge on any atom is -0.354 e. The molecule has 0 fully saturated rings. The van der Waals surface area contributed by atoms with Crippen molar-refractivity contribution in [1.82, 2.24) is 10.2 Å². The molecular weight excluding hydrogens is 555 g/mol. The molecule has 41 heavy (non-hydrogen) atoms. The summed E-state index contributed by atoms with van der Waals surface area (Å²) in [6.45, 7) is 8.06. The fourth-order valence-corrected chi connectivity index (χ4v) is 6.37. The topological polar surface area (TPSA) is 86.8 Å². The molecule has 9 heteroatoms. The smallest absolute Gasteiger partial charge is 0.264 e. The summed E-state index contributed by atoms with van der Waals surface area (Å²) >= 11 is 1.52. The van der Waals surface area contributed by atoms with Gasteiger partial charge in [0, 0.05) is 18.0 Å². The third-order valence-corrected chi connectivity index (χ3v) is 9.43. The lowest BCUT2D eigenvalue weighted by molar-refractivity contribution is -0.140. The van der Waals surface area contributed by atoms with Crippen molar-refractivity contribution in [3.63, 3.8) is 0 Å². The maximum atomic E-state index is 14.1. The van der Waals surface area contributed by atoms with Crippen LogP contribution in [-0.2, 0) is 26.2 Å². The molecule has 0 aliphatic rings. The highest BCUT2D eigenvalue weighted by Crippen LogP contribution is 2.27. The molecule has 0 saturated heterocycles. The fraction of sp³-hybridized carbons (Fsp3) is 0.375. The van der Waals surface area contributed by atoms with Gasteiger partial charge >= 0.3 is 0 Å². The van der Waals surface area contributed by atoms with Crippen molar-refractivity contribution in [3.05, 3.63) is 89.5 Å². The number of hydrogen-bond acceptors (Lipinski definition) is 5. The summed E-state index contributed by atoms with van der Waals surface area (Å²) < 4.78 is 29.1. The Morgan fingerprint density at radius 3 is 2.20 bits per heavy atom. The third-order valence-electron chi connectivity index (χ3n) is 6.90. The average molecular weight is 596 g/mol. The molecule has 0 aliphatic heterocycles.